The number of aromatic nitrogens is 4. The highest BCUT2D eigenvalue weighted by Crippen LogP contribution is 2.28. The van der Waals surface area contributed by atoms with Crippen molar-refractivity contribution in [1.29, 1.82) is 0 Å². The molecule has 1 aromatic carbocycles. The van der Waals surface area contributed by atoms with E-state index < -0.39 is 0 Å². The molecule has 0 aliphatic heterocycles. The van der Waals surface area contributed by atoms with Gasteiger partial charge in [-0.05, 0) is 24.3 Å². The zero-order valence-corrected chi connectivity index (χ0v) is 11.2. The molecule has 0 aliphatic rings. The second-order valence-corrected chi connectivity index (χ2v) is 4.70. The van der Waals surface area contributed by atoms with Crippen molar-refractivity contribution < 1.29 is 0 Å². The van der Waals surface area contributed by atoms with Crippen molar-refractivity contribution in [3.05, 3.63) is 52.9 Å². The van der Waals surface area contributed by atoms with Gasteiger partial charge in [0.2, 0.25) is 0 Å². The van der Waals surface area contributed by atoms with E-state index in [0.717, 1.165) is 22.6 Å². The highest BCUT2D eigenvalue weighted by atomic mass is 35.5. The summed E-state index contributed by atoms with van der Waals surface area (Å²) in [6, 6.07) is 9.11. The molecule has 2 heterocycles. The third-order valence-corrected chi connectivity index (χ3v) is 3.40. The van der Waals surface area contributed by atoms with Gasteiger partial charge in [0, 0.05) is 11.8 Å². The highest BCUT2D eigenvalue weighted by molar-refractivity contribution is 6.42. The molecule has 0 radical (unpaired) electrons. The highest BCUT2D eigenvalue weighted by Gasteiger charge is 2.06. The SMILES string of the molecule is Clc1ccc(-c2cc(-c3ccn[nH]3)ncn2)cc1Cl. The first kappa shape index (κ1) is 12.1. The maximum atomic E-state index is 6.01. The normalized spacial score (nSPS) is 10.6. The first-order chi connectivity index (χ1) is 9.24. The van der Waals surface area contributed by atoms with E-state index in [9.17, 15) is 0 Å². The minimum Gasteiger partial charge on any atom is -0.276 e. The van der Waals surface area contributed by atoms with Crippen molar-refractivity contribution in [2.75, 3.05) is 0 Å². The van der Waals surface area contributed by atoms with Crippen molar-refractivity contribution in [2.24, 2.45) is 0 Å². The lowest BCUT2D eigenvalue weighted by molar-refractivity contribution is 1.08. The van der Waals surface area contributed by atoms with Gasteiger partial charge in [0.25, 0.3) is 0 Å². The summed E-state index contributed by atoms with van der Waals surface area (Å²) in [6.45, 7) is 0. The van der Waals surface area contributed by atoms with Gasteiger partial charge in [0.1, 0.15) is 6.33 Å². The number of rotatable bonds is 2. The fraction of sp³-hybridized carbons (Fsp3) is 0. The van der Waals surface area contributed by atoms with Crippen LogP contribution in [0.2, 0.25) is 10.0 Å². The van der Waals surface area contributed by atoms with E-state index in [2.05, 4.69) is 20.2 Å². The quantitative estimate of drug-likeness (QED) is 0.780. The van der Waals surface area contributed by atoms with Crippen LogP contribution < -0.4 is 0 Å². The molecule has 3 rings (SSSR count). The number of nitrogens with one attached hydrogen (secondary N) is 1. The number of benzene rings is 1. The molecule has 0 saturated carbocycles. The monoisotopic (exact) mass is 290 g/mol. The third kappa shape index (κ3) is 2.45. The van der Waals surface area contributed by atoms with E-state index in [1.165, 1.54) is 6.33 Å². The summed E-state index contributed by atoms with van der Waals surface area (Å²) < 4.78 is 0. The Labute approximate surface area is 119 Å². The van der Waals surface area contributed by atoms with E-state index in [1.54, 1.807) is 18.3 Å². The molecular weight excluding hydrogens is 283 g/mol. The van der Waals surface area contributed by atoms with Crippen LogP contribution in [0, 0.1) is 0 Å². The molecular formula is C13H8Cl2N4. The summed E-state index contributed by atoms with van der Waals surface area (Å²) >= 11 is 11.9. The van der Waals surface area contributed by atoms with Crippen molar-refractivity contribution in [3.63, 3.8) is 0 Å². The molecule has 0 amide bonds. The lowest BCUT2D eigenvalue weighted by Gasteiger charge is -2.04. The van der Waals surface area contributed by atoms with Gasteiger partial charge in [-0.2, -0.15) is 5.10 Å². The predicted molar refractivity (Wildman–Crippen MR) is 75.1 cm³/mol. The summed E-state index contributed by atoms with van der Waals surface area (Å²) in [7, 11) is 0. The Kier molecular flexibility index (Phi) is 3.19. The lowest BCUT2D eigenvalue weighted by atomic mass is 10.1. The minimum absolute atomic E-state index is 0.501. The number of nitrogens with zero attached hydrogens (tertiary/aromatic N) is 3. The first-order valence-corrected chi connectivity index (χ1v) is 6.27. The summed E-state index contributed by atoms with van der Waals surface area (Å²) in [6.07, 6.45) is 3.18. The van der Waals surface area contributed by atoms with E-state index in [4.69, 9.17) is 23.2 Å². The second-order valence-electron chi connectivity index (χ2n) is 3.89. The number of H-pyrrole nitrogens is 1. The molecule has 6 heteroatoms. The van der Waals surface area contributed by atoms with Crippen LogP contribution in [0.3, 0.4) is 0 Å². The average Bonchev–Trinajstić information content (AvgIpc) is 2.96. The molecule has 0 fully saturated rings. The molecule has 0 atom stereocenters. The van der Waals surface area contributed by atoms with Crippen LogP contribution in [0.4, 0.5) is 0 Å². The fourth-order valence-corrected chi connectivity index (χ4v) is 2.01. The van der Waals surface area contributed by atoms with Crippen LogP contribution >= 0.6 is 23.2 Å². The van der Waals surface area contributed by atoms with Crippen LogP contribution in [-0.2, 0) is 0 Å². The summed E-state index contributed by atoms with van der Waals surface area (Å²) in [5.41, 5.74) is 3.27. The van der Waals surface area contributed by atoms with Crippen molar-refractivity contribution in [2.45, 2.75) is 0 Å². The van der Waals surface area contributed by atoms with Gasteiger partial charge in [-0.1, -0.05) is 29.3 Å². The predicted octanol–water partition coefficient (Wildman–Crippen LogP) is 3.84. The standard InChI is InChI=1S/C13H8Cl2N4/c14-9-2-1-8(5-10(9)15)12-6-13(17-7-16-12)11-3-4-18-19-11/h1-7H,(H,18,19). The van der Waals surface area contributed by atoms with Crippen molar-refractivity contribution >= 4 is 23.2 Å². The van der Waals surface area contributed by atoms with Crippen LogP contribution in [0.5, 0.6) is 0 Å². The Balaban J connectivity index is 2.06. The first-order valence-electron chi connectivity index (χ1n) is 5.51. The Morgan fingerprint density at radius 1 is 0.895 bits per heavy atom. The van der Waals surface area contributed by atoms with Crippen LogP contribution in [0.25, 0.3) is 22.6 Å². The Hall–Kier alpha value is -1.91. The molecule has 1 N–H and O–H groups in total. The lowest BCUT2D eigenvalue weighted by Crippen LogP contribution is -1.89. The molecule has 0 saturated heterocycles. The molecule has 0 spiro atoms. The largest absolute Gasteiger partial charge is 0.276 e. The third-order valence-electron chi connectivity index (χ3n) is 2.66. The molecule has 0 aliphatic carbocycles. The number of hydrogen-bond acceptors (Lipinski definition) is 3. The van der Waals surface area contributed by atoms with Crippen molar-refractivity contribution in [3.8, 4) is 22.6 Å². The number of halogens is 2. The smallest absolute Gasteiger partial charge is 0.116 e. The number of aromatic amines is 1. The summed E-state index contributed by atoms with van der Waals surface area (Å²) in [5.74, 6) is 0. The Morgan fingerprint density at radius 2 is 1.74 bits per heavy atom. The van der Waals surface area contributed by atoms with Crippen molar-refractivity contribution in [1.82, 2.24) is 20.2 Å². The zero-order valence-electron chi connectivity index (χ0n) is 9.64. The molecule has 3 aromatic rings. The maximum Gasteiger partial charge on any atom is 0.116 e. The molecule has 4 nitrogen and oxygen atoms in total. The average molecular weight is 291 g/mol. The number of hydrogen-bond donors (Lipinski definition) is 1. The van der Waals surface area contributed by atoms with Gasteiger partial charge in [-0.15, -0.1) is 0 Å². The van der Waals surface area contributed by atoms with Gasteiger partial charge in [0.15, 0.2) is 0 Å². The summed E-state index contributed by atoms with van der Waals surface area (Å²) in [5, 5.41) is 7.79. The second kappa shape index (κ2) is 4.99. The van der Waals surface area contributed by atoms with E-state index in [0.29, 0.717) is 10.0 Å². The van der Waals surface area contributed by atoms with Gasteiger partial charge in [0.05, 0.1) is 27.1 Å². The zero-order chi connectivity index (χ0) is 13.2. The van der Waals surface area contributed by atoms with Crippen LogP contribution in [0.1, 0.15) is 0 Å². The molecule has 2 aromatic heterocycles. The maximum absolute atomic E-state index is 6.01. The van der Waals surface area contributed by atoms with E-state index in [-0.39, 0.29) is 0 Å². The summed E-state index contributed by atoms with van der Waals surface area (Å²) in [4.78, 5) is 8.45. The molecule has 0 bridgehead atoms. The van der Waals surface area contributed by atoms with Crippen LogP contribution in [0.15, 0.2) is 42.9 Å². The van der Waals surface area contributed by atoms with E-state index in [1.807, 2.05) is 18.2 Å². The van der Waals surface area contributed by atoms with Crippen LogP contribution in [-0.4, -0.2) is 20.2 Å². The topological polar surface area (TPSA) is 54.5 Å². The molecule has 94 valence electrons. The van der Waals surface area contributed by atoms with Gasteiger partial charge in [-0.25, -0.2) is 9.97 Å². The minimum atomic E-state index is 0.501. The van der Waals surface area contributed by atoms with Gasteiger partial charge < -0.3 is 0 Å². The van der Waals surface area contributed by atoms with Gasteiger partial charge >= 0.3 is 0 Å². The fourth-order valence-electron chi connectivity index (χ4n) is 1.72. The molecule has 19 heavy (non-hydrogen) atoms. The van der Waals surface area contributed by atoms with Gasteiger partial charge in [-0.3, -0.25) is 5.10 Å². The Morgan fingerprint density at radius 3 is 2.47 bits per heavy atom. The molecule has 0 unspecified atom stereocenters. The Bertz CT molecular complexity index is 710. The van der Waals surface area contributed by atoms with E-state index >= 15 is 0 Å².